The molecular formula is C17H14FN3O3. The Morgan fingerprint density at radius 1 is 1.17 bits per heavy atom. The number of pyridine rings is 1. The third kappa shape index (κ3) is 3.57. The highest BCUT2D eigenvalue weighted by atomic mass is 19.1. The van der Waals surface area contributed by atoms with E-state index >= 15 is 0 Å². The number of benzene rings is 1. The van der Waals surface area contributed by atoms with Gasteiger partial charge in [-0.1, -0.05) is 12.1 Å². The van der Waals surface area contributed by atoms with Gasteiger partial charge in [-0.3, -0.25) is 0 Å². The fourth-order valence-electron chi connectivity index (χ4n) is 2.16. The molecule has 0 spiro atoms. The molecule has 0 bridgehead atoms. The second-order valence-corrected chi connectivity index (χ2v) is 5.01. The Hall–Kier alpha value is -3.22. The van der Waals surface area contributed by atoms with Gasteiger partial charge in [-0.05, 0) is 29.8 Å². The number of aromatic carboxylic acids is 1. The van der Waals surface area contributed by atoms with Gasteiger partial charge in [0.2, 0.25) is 5.88 Å². The van der Waals surface area contributed by atoms with Gasteiger partial charge in [0.05, 0.1) is 18.4 Å². The highest BCUT2D eigenvalue weighted by Gasteiger charge is 2.10. The minimum Gasteiger partial charge on any atom is -0.478 e. The van der Waals surface area contributed by atoms with Crippen molar-refractivity contribution in [3.63, 3.8) is 0 Å². The number of aromatic nitrogens is 3. The number of hydrogen-bond donors (Lipinski definition) is 1. The van der Waals surface area contributed by atoms with Gasteiger partial charge >= 0.3 is 5.97 Å². The molecule has 0 unspecified atom stereocenters. The number of carbonyl (C=O) groups is 1. The quantitative estimate of drug-likeness (QED) is 0.753. The number of hydrogen-bond acceptors (Lipinski definition) is 4. The maximum absolute atomic E-state index is 12.9. The van der Waals surface area contributed by atoms with Crippen molar-refractivity contribution in [2.45, 2.75) is 6.42 Å². The SMILES string of the molecule is O=C(O)c1ccnc(-n2nccc2OCCc2ccc(F)cc2)c1. The van der Waals surface area contributed by atoms with Crippen LogP contribution in [0.15, 0.2) is 54.9 Å². The number of carboxylic acids is 1. The van der Waals surface area contributed by atoms with Gasteiger partial charge in [0.25, 0.3) is 0 Å². The first-order valence-electron chi connectivity index (χ1n) is 7.24. The topological polar surface area (TPSA) is 77.2 Å². The first-order valence-corrected chi connectivity index (χ1v) is 7.24. The highest BCUT2D eigenvalue weighted by Crippen LogP contribution is 2.16. The predicted octanol–water partition coefficient (Wildman–Crippen LogP) is 2.73. The van der Waals surface area contributed by atoms with Crippen LogP contribution in [0.5, 0.6) is 5.88 Å². The zero-order valence-electron chi connectivity index (χ0n) is 12.6. The van der Waals surface area contributed by atoms with Crippen molar-refractivity contribution in [2.75, 3.05) is 6.61 Å². The molecule has 24 heavy (non-hydrogen) atoms. The molecule has 0 aliphatic heterocycles. The van der Waals surface area contributed by atoms with Crippen LogP contribution in [0.1, 0.15) is 15.9 Å². The van der Waals surface area contributed by atoms with Crippen LogP contribution in [0.2, 0.25) is 0 Å². The van der Waals surface area contributed by atoms with Crippen molar-refractivity contribution >= 4 is 5.97 Å². The molecule has 0 fully saturated rings. The monoisotopic (exact) mass is 327 g/mol. The number of rotatable bonds is 6. The van der Waals surface area contributed by atoms with E-state index in [1.807, 2.05) is 0 Å². The number of halogens is 1. The Labute approximate surface area is 137 Å². The van der Waals surface area contributed by atoms with E-state index in [1.165, 1.54) is 35.1 Å². The lowest BCUT2D eigenvalue weighted by molar-refractivity contribution is 0.0696. The fourth-order valence-corrected chi connectivity index (χ4v) is 2.16. The Kier molecular flexibility index (Phi) is 4.51. The van der Waals surface area contributed by atoms with Crippen molar-refractivity contribution < 1.29 is 19.0 Å². The summed E-state index contributed by atoms with van der Waals surface area (Å²) in [6, 6.07) is 10.7. The second kappa shape index (κ2) is 6.91. The predicted molar refractivity (Wildman–Crippen MR) is 83.9 cm³/mol. The summed E-state index contributed by atoms with van der Waals surface area (Å²) in [5.41, 5.74) is 1.07. The molecule has 7 heteroatoms. The molecule has 0 radical (unpaired) electrons. The molecule has 2 aromatic heterocycles. The summed E-state index contributed by atoms with van der Waals surface area (Å²) in [4.78, 5) is 15.2. The third-order valence-electron chi connectivity index (χ3n) is 3.37. The van der Waals surface area contributed by atoms with E-state index in [0.717, 1.165) is 5.56 Å². The molecule has 3 aromatic rings. The minimum absolute atomic E-state index is 0.118. The molecule has 3 rings (SSSR count). The maximum Gasteiger partial charge on any atom is 0.335 e. The number of carboxylic acid groups (broad SMARTS) is 1. The van der Waals surface area contributed by atoms with Gasteiger partial charge in [0, 0.05) is 18.7 Å². The van der Waals surface area contributed by atoms with Crippen molar-refractivity contribution in [2.24, 2.45) is 0 Å². The molecule has 0 aliphatic rings. The molecule has 0 aliphatic carbocycles. The summed E-state index contributed by atoms with van der Waals surface area (Å²) in [6.07, 6.45) is 3.55. The van der Waals surface area contributed by atoms with E-state index in [0.29, 0.717) is 24.7 Å². The summed E-state index contributed by atoms with van der Waals surface area (Å²) in [5.74, 6) is -0.504. The van der Waals surface area contributed by atoms with Gasteiger partial charge in [0.15, 0.2) is 5.82 Å². The van der Waals surface area contributed by atoms with Gasteiger partial charge < -0.3 is 9.84 Å². The summed E-state index contributed by atoms with van der Waals surface area (Å²) in [6.45, 7) is 0.371. The van der Waals surface area contributed by atoms with Crippen LogP contribution >= 0.6 is 0 Å². The lowest BCUT2D eigenvalue weighted by Crippen LogP contribution is -2.08. The van der Waals surface area contributed by atoms with Crippen molar-refractivity contribution in [1.29, 1.82) is 0 Å². The van der Waals surface area contributed by atoms with Crippen LogP contribution in [-0.2, 0) is 6.42 Å². The molecular weight excluding hydrogens is 313 g/mol. The van der Waals surface area contributed by atoms with Crippen LogP contribution < -0.4 is 4.74 Å². The summed E-state index contributed by atoms with van der Waals surface area (Å²) in [5, 5.41) is 13.2. The molecule has 0 atom stereocenters. The van der Waals surface area contributed by atoms with Crippen LogP contribution in [0.4, 0.5) is 4.39 Å². The first-order chi connectivity index (χ1) is 11.6. The average Bonchev–Trinajstić information content (AvgIpc) is 3.05. The normalized spacial score (nSPS) is 10.5. The van der Waals surface area contributed by atoms with Gasteiger partial charge in [-0.2, -0.15) is 9.78 Å². The molecule has 6 nitrogen and oxygen atoms in total. The van der Waals surface area contributed by atoms with Crippen LogP contribution in [0, 0.1) is 5.82 Å². The highest BCUT2D eigenvalue weighted by molar-refractivity contribution is 5.87. The average molecular weight is 327 g/mol. The van der Waals surface area contributed by atoms with Crippen molar-refractivity contribution in [1.82, 2.24) is 14.8 Å². The smallest absolute Gasteiger partial charge is 0.335 e. The first kappa shape index (κ1) is 15.7. The van der Waals surface area contributed by atoms with Crippen LogP contribution in [0.3, 0.4) is 0 Å². The number of nitrogens with zero attached hydrogens (tertiary/aromatic N) is 3. The van der Waals surface area contributed by atoms with Gasteiger partial charge in [-0.15, -0.1) is 0 Å². The summed E-state index contributed by atoms with van der Waals surface area (Å²) >= 11 is 0. The van der Waals surface area contributed by atoms with E-state index in [1.54, 1.807) is 24.4 Å². The molecule has 0 amide bonds. The lowest BCUT2D eigenvalue weighted by Gasteiger charge is -2.09. The Morgan fingerprint density at radius 3 is 2.71 bits per heavy atom. The van der Waals surface area contributed by atoms with Crippen LogP contribution in [0.25, 0.3) is 5.82 Å². The van der Waals surface area contributed by atoms with E-state index in [9.17, 15) is 9.18 Å². The Bertz CT molecular complexity index is 846. The molecule has 122 valence electrons. The Balaban J connectivity index is 1.70. The van der Waals surface area contributed by atoms with Gasteiger partial charge in [-0.25, -0.2) is 14.2 Å². The molecule has 0 saturated carbocycles. The molecule has 1 aromatic carbocycles. The van der Waals surface area contributed by atoms with Gasteiger partial charge in [0.1, 0.15) is 5.82 Å². The fraction of sp³-hybridized carbons (Fsp3) is 0.118. The Morgan fingerprint density at radius 2 is 1.96 bits per heavy atom. The second-order valence-electron chi connectivity index (χ2n) is 5.01. The minimum atomic E-state index is -1.04. The van der Waals surface area contributed by atoms with E-state index in [-0.39, 0.29) is 11.4 Å². The zero-order valence-corrected chi connectivity index (χ0v) is 12.6. The zero-order chi connectivity index (χ0) is 16.9. The third-order valence-corrected chi connectivity index (χ3v) is 3.37. The lowest BCUT2D eigenvalue weighted by atomic mass is 10.2. The van der Waals surface area contributed by atoms with Crippen molar-refractivity contribution in [3.05, 3.63) is 71.8 Å². The van der Waals surface area contributed by atoms with E-state index < -0.39 is 5.97 Å². The molecule has 1 N–H and O–H groups in total. The number of ether oxygens (including phenoxy) is 1. The standard InChI is InChI=1S/C17H14FN3O3/c18-14-3-1-12(2-4-14)7-10-24-16-6-9-20-21(16)15-11-13(17(22)23)5-8-19-15/h1-6,8-9,11H,7,10H2,(H,22,23). The van der Waals surface area contributed by atoms with E-state index in [2.05, 4.69) is 10.1 Å². The summed E-state index contributed by atoms with van der Waals surface area (Å²) < 4.78 is 20.0. The largest absolute Gasteiger partial charge is 0.478 e. The van der Waals surface area contributed by atoms with Crippen LogP contribution in [-0.4, -0.2) is 32.4 Å². The summed E-state index contributed by atoms with van der Waals surface area (Å²) in [7, 11) is 0. The van der Waals surface area contributed by atoms with E-state index in [4.69, 9.17) is 9.84 Å². The molecule has 2 heterocycles. The van der Waals surface area contributed by atoms with Crippen molar-refractivity contribution in [3.8, 4) is 11.7 Å². The molecule has 0 saturated heterocycles. The maximum atomic E-state index is 12.9.